The summed E-state index contributed by atoms with van der Waals surface area (Å²) in [7, 11) is 0. The minimum absolute atomic E-state index is 0.776. The zero-order valence-corrected chi connectivity index (χ0v) is 14.5. The summed E-state index contributed by atoms with van der Waals surface area (Å²) >= 11 is 2.68. The molecule has 0 amide bonds. The molecule has 4 rings (SSSR count). The number of alkyl halides is 1. The topological polar surface area (TPSA) is 3.24 Å². The Kier molecular flexibility index (Phi) is 3.86. The molecule has 0 spiro atoms. The van der Waals surface area contributed by atoms with Gasteiger partial charge in [-0.15, -0.1) is 0 Å². The first-order chi connectivity index (χ1) is 9.84. The van der Waals surface area contributed by atoms with Gasteiger partial charge in [0, 0.05) is 27.6 Å². The molecule has 3 unspecified atom stereocenters. The van der Waals surface area contributed by atoms with Gasteiger partial charge in [0.05, 0.1) is 0 Å². The van der Waals surface area contributed by atoms with Gasteiger partial charge in [0.1, 0.15) is 0 Å². The molecule has 110 valence electrons. The molecule has 4 aliphatic rings. The first kappa shape index (κ1) is 13.7. The summed E-state index contributed by atoms with van der Waals surface area (Å²) in [4.78, 5) is 2.95. The summed E-state index contributed by atoms with van der Waals surface area (Å²) in [6.07, 6.45) is 19.2. The molecule has 1 nitrogen and oxygen atoms in total. The molecule has 1 aliphatic heterocycles. The first-order valence-electron chi connectivity index (χ1n) is 8.65. The number of hydrogen-bond acceptors (Lipinski definition) is 1. The third-order valence-corrected chi connectivity index (χ3v) is 7.00. The van der Waals surface area contributed by atoms with E-state index in [-0.39, 0.29) is 0 Å². The predicted molar refractivity (Wildman–Crippen MR) is 93.0 cm³/mol. The Morgan fingerprint density at radius 1 is 1.05 bits per heavy atom. The van der Waals surface area contributed by atoms with E-state index in [1.165, 1.54) is 64.2 Å². The first-order valence-corrected chi connectivity index (χ1v) is 9.90. The molecule has 3 aliphatic carbocycles. The van der Waals surface area contributed by atoms with Crippen molar-refractivity contribution in [2.24, 2.45) is 5.92 Å². The van der Waals surface area contributed by atoms with Crippen molar-refractivity contribution in [2.45, 2.75) is 80.2 Å². The van der Waals surface area contributed by atoms with Gasteiger partial charge in [0.25, 0.3) is 0 Å². The molecular formula is C18H26IN. The third-order valence-electron chi connectivity index (χ3n) is 5.93. The average molecular weight is 383 g/mol. The molecular weight excluding hydrogens is 357 g/mol. The van der Waals surface area contributed by atoms with Gasteiger partial charge in [0.2, 0.25) is 0 Å². The van der Waals surface area contributed by atoms with Crippen molar-refractivity contribution in [1.82, 2.24) is 4.90 Å². The van der Waals surface area contributed by atoms with Crippen LogP contribution in [0.3, 0.4) is 0 Å². The van der Waals surface area contributed by atoms with E-state index >= 15 is 0 Å². The van der Waals surface area contributed by atoms with E-state index in [4.69, 9.17) is 0 Å². The monoisotopic (exact) mass is 383 g/mol. The van der Waals surface area contributed by atoms with E-state index in [9.17, 15) is 0 Å². The fraction of sp³-hybridized carbons (Fsp3) is 0.778. The van der Waals surface area contributed by atoms with Crippen molar-refractivity contribution in [3.63, 3.8) is 0 Å². The lowest BCUT2D eigenvalue weighted by Gasteiger charge is -2.41. The van der Waals surface area contributed by atoms with Crippen LogP contribution in [0.4, 0.5) is 0 Å². The fourth-order valence-corrected chi connectivity index (χ4v) is 5.85. The van der Waals surface area contributed by atoms with Crippen LogP contribution in [0.2, 0.25) is 0 Å². The summed E-state index contributed by atoms with van der Waals surface area (Å²) in [5.74, 6) is 0.776. The van der Waals surface area contributed by atoms with Crippen molar-refractivity contribution in [3.05, 3.63) is 23.4 Å². The zero-order chi connectivity index (χ0) is 13.5. The van der Waals surface area contributed by atoms with Crippen molar-refractivity contribution in [1.29, 1.82) is 0 Å². The van der Waals surface area contributed by atoms with Crippen LogP contribution in [0.1, 0.15) is 64.2 Å². The number of fused-ring (bicyclic) bond motifs is 2. The van der Waals surface area contributed by atoms with Crippen LogP contribution in [0.15, 0.2) is 23.4 Å². The highest BCUT2D eigenvalue weighted by atomic mass is 127. The molecule has 0 N–H and O–H groups in total. The second-order valence-electron chi connectivity index (χ2n) is 7.11. The molecule has 20 heavy (non-hydrogen) atoms. The SMILES string of the molecule is IC1CCC2=C(C1)C1C=CCCC1N2C1CCCCC1. The third kappa shape index (κ3) is 2.26. The van der Waals surface area contributed by atoms with Crippen LogP contribution in [0.25, 0.3) is 0 Å². The zero-order valence-electron chi connectivity index (χ0n) is 12.4. The summed E-state index contributed by atoms with van der Waals surface area (Å²) < 4.78 is 0.883. The number of nitrogens with zero attached hydrogens (tertiary/aromatic N) is 1. The van der Waals surface area contributed by atoms with Crippen molar-refractivity contribution in [2.75, 3.05) is 0 Å². The second kappa shape index (κ2) is 5.66. The fourth-order valence-electron chi connectivity index (χ4n) is 5.06. The van der Waals surface area contributed by atoms with Crippen LogP contribution in [0, 0.1) is 5.92 Å². The van der Waals surface area contributed by atoms with Gasteiger partial charge in [-0.25, -0.2) is 0 Å². The van der Waals surface area contributed by atoms with Crippen molar-refractivity contribution < 1.29 is 0 Å². The Balaban J connectivity index is 1.67. The maximum absolute atomic E-state index is 2.95. The maximum Gasteiger partial charge on any atom is 0.0393 e. The van der Waals surface area contributed by atoms with Gasteiger partial charge >= 0.3 is 0 Å². The van der Waals surface area contributed by atoms with Crippen LogP contribution in [-0.2, 0) is 0 Å². The lowest BCUT2D eigenvalue weighted by molar-refractivity contribution is 0.137. The van der Waals surface area contributed by atoms with Gasteiger partial charge in [-0.2, -0.15) is 0 Å². The van der Waals surface area contributed by atoms with E-state index in [1.807, 2.05) is 5.57 Å². The van der Waals surface area contributed by atoms with Crippen LogP contribution in [-0.4, -0.2) is 20.9 Å². The number of allylic oxidation sites excluding steroid dienone is 2. The standard InChI is InChI=1S/C18H26IN/c19-13-10-11-18-16(12-13)15-8-4-5-9-17(15)20(18)14-6-2-1-3-7-14/h4,8,13-15,17H,1-3,5-7,9-12H2. The molecule has 1 fully saturated rings. The quantitative estimate of drug-likeness (QED) is 0.341. The molecule has 0 aromatic rings. The lowest BCUT2D eigenvalue weighted by Crippen LogP contribution is -2.43. The molecule has 0 bridgehead atoms. The van der Waals surface area contributed by atoms with Gasteiger partial charge in [0.15, 0.2) is 0 Å². The highest BCUT2D eigenvalue weighted by Gasteiger charge is 2.44. The average Bonchev–Trinajstić information content (AvgIpc) is 2.82. The minimum Gasteiger partial charge on any atom is -0.368 e. The van der Waals surface area contributed by atoms with Crippen molar-refractivity contribution in [3.8, 4) is 0 Å². The Labute approximate surface area is 137 Å². The Morgan fingerprint density at radius 2 is 1.90 bits per heavy atom. The molecule has 0 aromatic carbocycles. The van der Waals surface area contributed by atoms with Crippen LogP contribution >= 0.6 is 22.6 Å². The summed E-state index contributed by atoms with van der Waals surface area (Å²) in [5.41, 5.74) is 3.63. The number of rotatable bonds is 1. The van der Waals surface area contributed by atoms with Crippen LogP contribution < -0.4 is 0 Å². The molecule has 1 heterocycles. The lowest BCUT2D eigenvalue weighted by atomic mass is 9.83. The van der Waals surface area contributed by atoms with Gasteiger partial charge < -0.3 is 4.90 Å². The Hall–Kier alpha value is 0.01000. The molecule has 0 radical (unpaired) electrons. The minimum atomic E-state index is 0.776. The van der Waals surface area contributed by atoms with E-state index in [2.05, 4.69) is 39.6 Å². The normalized spacial score (nSPS) is 38.0. The second-order valence-corrected chi connectivity index (χ2v) is 8.87. The number of hydrogen-bond donors (Lipinski definition) is 0. The summed E-state index contributed by atoms with van der Waals surface area (Å²) in [6, 6.07) is 1.70. The van der Waals surface area contributed by atoms with Crippen molar-refractivity contribution >= 4 is 22.6 Å². The molecule has 0 aromatic heterocycles. The largest absolute Gasteiger partial charge is 0.368 e. The van der Waals surface area contributed by atoms with E-state index in [1.54, 1.807) is 5.70 Å². The van der Waals surface area contributed by atoms with E-state index in [0.29, 0.717) is 0 Å². The van der Waals surface area contributed by atoms with E-state index < -0.39 is 0 Å². The van der Waals surface area contributed by atoms with Gasteiger partial charge in [-0.05, 0) is 50.5 Å². The van der Waals surface area contributed by atoms with Gasteiger partial charge in [-0.3, -0.25) is 0 Å². The molecule has 2 heteroatoms. The maximum atomic E-state index is 2.95. The Bertz CT molecular complexity index is 433. The Morgan fingerprint density at radius 3 is 2.75 bits per heavy atom. The molecule has 0 saturated heterocycles. The predicted octanol–water partition coefficient (Wildman–Crippen LogP) is 5.21. The summed E-state index contributed by atoms with van der Waals surface area (Å²) in [5, 5.41) is 0. The smallest absolute Gasteiger partial charge is 0.0393 e. The highest BCUT2D eigenvalue weighted by molar-refractivity contribution is 14.1. The van der Waals surface area contributed by atoms with Crippen LogP contribution in [0.5, 0.6) is 0 Å². The summed E-state index contributed by atoms with van der Waals surface area (Å²) in [6.45, 7) is 0. The van der Waals surface area contributed by atoms with E-state index in [0.717, 1.165) is 21.9 Å². The molecule has 1 saturated carbocycles. The molecule has 3 atom stereocenters. The number of halogens is 1. The van der Waals surface area contributed by atoms with Gasteiger partial charge in [-0.1, -0.05) is 54.0 Å². The highest BCUT2D eigenvalue weighted by Crippen LogP contribution is 2.49.